The summed E-state index contributed by atoms with van der Waals surface area (Å²) in [5.41, 5.74) is 2.70. The molecule has 148 valence electrons. The Hall–Kier alpha value is -2.64. The number of benzene rings is 2. The van der Waals surface area contributed by atoms with Gasteiger partial charge in [-0.25, -0.2) is 4.98 Å². The summed E-state index contributed by atoms with van der Waals surface area (Å²) >= 11 is 1.69. The molecule has 7 heteroatoms. The second-order valence-corrected chi connectivity index (χ2v) is 9.04. The fraction of sp³-hybridized carbons (Fsp3) is 0.364. The summed E-state index contributed by atoms with van der Waals surface area (Å²) in [5.74, 6) is 0.814. The van der Waals surface area contributed by atoms with Crippen molar-refractivity contribution in [2.75, 3.05) is 24.6 Å². The summed E-state index contributed by atoms with van der Waals surface area (Å²) in [7, 11) is 0. The van der Waals surface area contributed by atoms with E-state index in [1.165, 1.54) is 6.42 Å². The molecular formula is C22H22N4O2S. The fourth-order valence-corrected chi connectivity index (χ4v) is 5.79. The second-order valence-electron chi connectivity index (χ2n) is 8.03. The van der Waals surface area contributed by atoms with Gasteiger partial charge in [-0.15, -0.1) is 0 Å². The summed E-state index contributed by atoms with van der Waals surface area (Å²) in [4.78, 5) is 20.2. The second kappa shape index (κ2) is 6.71. The van der Waals surface area contributed by atoms with E-state index in [0.717, 1.165) is 46.2 Å². The van der Waals surface area contributed by atoms with Gasteiger partial charge in [0.25, 0.3) is 5.91 Å². The normalized spacial score (nSPS) is 25.1. The van der Waals surface area contributed by atoms with E-state index in [0.29, 0.717) is 24.3 Å². The molecule has 0 spiro atoms. The van der Waals surface area contributed by atoms with Crippen molar-refractivity contribution in [2.45, 2.75) is 31.0 Å². The average molecular weight is 407 g/mol. The van der Waals surface area contributed by atoms with Crippen LogP contribution < -0.4 is 20.3 Å². The van der Waals surface area contributed by atoms with Crippen molar-refractivity contribution < 1.29 is 9.53 Å². The number of fused-ring (bicyclic) bond motifs is 4. The zero-order valence-corrected chi connectivity index (χ0v) is 16.7. The van der Waals surface area contributed by atoms with Crippen LogP contribution in [0.2, 0.25) is 0 Å². The van der Waals surface area contributed by atoms with Gasteiger partial charge in [-0.3, -0.25) is 4.79 Å². The molecule has 2 fully saturated rings. The Morgan fingerprint density at radius 1 is 1.28 bits per heavy atom. The highest BCUT2D eigenvalue weighted by molar-refractivity contribution is 7.22. The topological polar surface area (TPSA) is 66.5 Å². The highest BCUT2D eigenvalue weighted by Gasteiger charge is 2.38. The van der Waals surface area contributed by atoms with E-state index >= 15 is 0 Å². The third kappa shape index (κ3) is 2.96. The maximum Gasteiger partial charge on any atom is 0.251 e. The van der Waals surface area contributed by atoms with E-state index in [2.05, 4.69) is 15.5 Å². The molecule has 2 aromatic carbocycles. The molecule has 0 aliphatic carbocycles. The number of hydrogen-bond acceptors (Lipinski definition) is 6. The highest BCUT2D eigenvalue weighted by atomic mass is 32.1. The van der Waals surface area contributed by atoms with Crippen LogP contribution in [0.4, 0.5) is 5.13 Å². The average Bonchev–Trinajstić information content (AvgIpc) is 3.48. The number of carbonyl (C=O) groups is 1. The van der Waals surface area contributed by atoms with Gasteiger partial charge in [0, 0.05) is 42.7 Å². The molecule has 2 N–H and O–H groups in total. The molecule has 0 saturated carbocycles. The molecule has 3 aliphatic rings. The van der Waals surface area contributed by atoms with Crippen LogP contribution in [0.1, 0.15) is 34.8 Å². The Kier molecular flexibility index (Phi) is 3.99. The van der Waals surface area contributed by atoms with Crippen molar-refractivity contribution in [3.63, 3.8) is 0 Å². The summed E-state index contributed by atoms with van der Waals surface area (Å²) in [6.45, 7) is 2.69. The SMILES string of the molecule is O=C(N[C@H]1CCOc2ccccc21)c1ccc2nc(N3CC4C[C@@H]3CN4)sc2c1. The van der Waals surface area contributed by atoms with Gasteiger partial charge in [0.05, 0.1) is 22.9 Å². The Labute approximate surface area is 172 Å². The van der Waals surface area contributed by atoms with Crippen molar-refractivity contribution in [1.29, 1.82) is 0 Å². The first-order chi connectivity index (χ1) is 14.2. The maximum atomic E-state index is 12.9. The van der Waals surface area contributed by atoms with Crippen molar-refractivity contribution >= 4 is 32.6 Å². The van der Waals surface area contributed by atoms with Crippen LogP contribution in [0, 0.1) is 0 Å². The molecule has 3 aromatic rings. The van der Waals surface area contributed by atoms with Crippen LogP contribution in [-0.4, -0.2) is 42.7 Å². The number of nitrogens with zero attached hydrogens (tertiary/aromatic N) is 2. The molecule has 1 unspecified atom stereocenters. The van der Waals surface area contributed by atoms with Gasteiger partial charge in [-0.2, -0.15) is 0 Å². The summed E-state index contributed by atoms with van der Waals surface area (Å²) in [5, 5.41) is 7.79. The fourth-order valence-electron chi connectivity index (χ4n) is 4.71. The molecular weight excluding hydrogens is 384 g/mol. The predicted octanol–water partition coefficient (Wildman–Crippen LogP) is 3.10. The number of aromatic nitrogens is 1. The lowest BCUT2D eigenvalue weighted by atomic mass is 10.00. The van der Waals surface area contributed by atoms with Crippen LogP contribution >= 0.6 is 11.3 Å². The van der Waals surface area contributed by atoms with Gasteiger partial charge in [0.2, 0.25) is 0 Å². The number of anilines is 1. The molecule has 1 amide bonds. The first-order valence-corrected chi connectivity index (χ1v) is 11.0. The number of carbonyl (C=O) groups excluding carboxylic acids is 1. The Bertz CT molecular complexity index is 1100. The van der Waals surface area contributed by atoms with Crippen molar-refractivity contribution in [3.05, 3.63) is 53.6 Å². The first kappa shape index (κ1) is 17.2. The molecule has 6 rings (SSSR count). The van der Waals surface area contributed by atoms with Gasteiger partial charge in [0.1, 0.15) is 5.75 Å². The van der Waals surface area contributed by atoms with Gasteiger partial charge < -0.3 is 20.3 Å². The van der Waals surface area contributed by atoms with Crippen LogP contribution in [-0.2, 0) is 0 Å². The highest BCUT2D eigenvalue weighted by Crippen LogP contribution is 2.36. The Morgan fingerprint density at radius 3 is 3.07 bits per heavy atom. The van der Waals surface area contributed by atoms with Crippen LogP contribution in [0.3, 0.4) is 0 Å². The van der Waals surface area contributed by atoms with Crippen LogP contribution in [0.15, 0.2) is 42.5 Å². The Morgan fingerprint density at radius 2 is 2.21 bits per heavy atom. The first-order valence-electron chi connectivity index (χ1n) is 10.2. The van der Waals surface area contributed by atoms with Crippen LogP contribution in [0.5, 0.6) is 5.75 Å². The van der Waals surface area contributed by atoms with E-state index in [9.17, 15) is 4.79 Å². The predicted molar refractivity (Wildman–Crippen MR) is 114 cm³/mol. The van der Waals surface area contributed by atoms with E-state index in [4.69, 9.17) is 9.72 Å². The lowest BCUT2D eigenvalue weighted by Crippen LogP contribution is -2.43. The number of thiazole rings is 1. The molecule has 3 aliphatic heterocycles. The largest absolute Gasteiger partial charge is 0.493 e. The van der Waals surface area contributed by atoms with Crippen LogP contribution in [0.25, 0.3) is 10.2 Å². The number of para-hydroxylation sites is 1. The maximum absolute atomic E-state index is 12.9. The molecule has 4 heterocycles. The third-order valence-corrected chi connectivity index (χ3v) is 7.26. The summed E-state index contributed by atoms with van der Waals surface area (Å²) in [6, 6.07) is 14.9. The number of nitrogens with one attached hydrogen (secondary N) is 2. The zero-order chi connectivity index (χ0) is 19.4. The summed E-state index contributed by atoms with van der Waals surface area (Å²) in [6.07, 6.45) is 1.98. The smallest absolute Gasteiger partial charge is 0.251 e. The minimum atomic E-state index is -0.0482. The van der Waals surface area contributed by atoms with Crippen molar-refractivity contribution in [2.24, 2.45) is 0 Å². The third-order valence-electron chi connectivity index (χ3n) is 6.21. The van der Waals surface area contributed by atoms with E-state index in [1.807, 2.05) is 42.5 Å². The molecule has 2 saturated heterocycles. The van der Waals surface area contributed by atoms with E-state index in [-0.39, 0.29) is 11.9 Å². The molecule has 2 bridgehead atoms. The number of ether oxygens (including phenoxy) is 1. The van der Waals surface area contributed by atoms with Gasteiger partial charge in [-0.1, -0.05) is 29.5 Å². The molecule has 3 atom stereocenters. The van der Waals surface area contributed by atoms with Crippen molar-refractivity contribution in [3.8, 4) is 5.75 Å². The standard InChI is InChI=1S/C22H22N4O2S/c27-21(24-17-7-8-28-19-4-2-1-3-16(17)19)13-5-6-18-20(9-13)29-22(25-18)26-12-14-10-15(26)11-23-14/h1-6,9,14-15,17,23H,7-8,10-12H2,(H,24,27)/t14?,15-,17+/m1/s1. The van der Waals surface area contributed by atoms with Gasteiger partial charge >= 0.3 is 0 Å². The summed E-state index contributed by atoms with van der Waals surface area (Å²) < 4.78 is 6.77. The molecule has 6 nitrogen and oxygen atoms in total. The number of rotatable bonds is 3. The van der Waals surface area contributed by atoms with Gasteiger partial charge in [0.15, 0.2) is 5.13 Å². The van der Waals surface area contributed by atoms with E-state index < -0.39 is 0 Å². The van der Waals surface area contributed by atoms with Crippen molar-refractivity contribution in [1.82, 2.24) is 15.6 Å². The monoisotopic (exact) mass is 406 g/mol. The molecule has 1 aromatic heterocycles. The minimum absolute atomic E-state index is 0.0205. The number of piperazine rings is 1. The van der Waals surface area contributed by atoms with E-state index in [1.54, 1.807) is 11.3 Å². The minimum Gasteiger partial charge on any atom is -0.493 e. The molecule has 0 radical (unpaired) electrons. The lowest BCUT2D eigenvalue weighted by Gasteiger charge is -2.26. The molecule has 29 heavy (non-hydrogen) atoms. The zero-order valence-electron chi connectivity index (χ0n) is 15.9. The lowest BCUT2D eigenvalue weighted by molar-refractivity contribution is 0.0925. The number of hydrogen-bond donors (Lipinski definition) is 2. The van der Waals surface area contributed by atoms with Gasteiger partial charge in [-0.05, 0) is 30.7 Å². The Balaban J connectivity index is 1.24. The quantitative estimate of drug-likeness (QED) is 0.700. The number of amides is 1.